The predicted octanol–water partition coefficient (Wildman–Crippen LogP) is 0.884. The Morgan fingerprint density at radius 2 is 2.11 bits per heavy atom. The molecule has 0 aliphatic rings. The fraction of sp³-hybridized carbons (Fsp3) is 0.583. The van der Waals surface area contributed by atoms with Crippen LogP contribution >= 0.6 is 0 Å². The van der Waals surface area contributed by atoms with Crippen molar-refractivity contribution < 1.29 is 0 Å². The van der Waals surface area contributed by atoms with E-state index in [-0.39, 0.29) is 0 Å². The van der Waals surface area contributed by atoms with Crippen molar-refractivity contribution in [2.24, 2.45) is 7.05 Å². The first-order chi connectivity index (χ1) is 8.74. The molecule has 0 aliphatic carbocycles. The quantitative estimate of drug-likeness (QED) is 0.824. The van der Waals surface area contributed by atoms with Gasteiger partial charge in [-0.05, 0) is 13.3 Å². The number of hydrogen-bond acceptors (Lipinski definition) is 4. The highest BCUT2D eigenvalue weighted by Gasteiger charge is 2.06. The molecule has 98 valence electrons. The molecule has 0 fully saturated rings. The van der Waals surface area contributed by atoms with Crippen LogP contribution < -0.4 is 5.32 Å². The summed E-state index contributed by atoms with van der Waals surface area (Å²) in [7, 11) is 1.95. The Hall–Kier alpha value is -1.69. The van der Waals surface area contributed by atoms with E-state index in [9.17, 15) is 0 Å². The molecule has 0 amide bonds. The van der Waals surface area contributed by atoms with Crippen LogP contribution in [0.15, 0.2) is 12.5 Å². The average Bonchev–Trinajstić information content (AvgIpc) is 2.95. The molecule has 0 bridgehead atoms. The van der Waals surface area contributed by atoms with Crippen LogP contribution in [-0.4, -0.2) is 24.5 Å². The molecule has 0 aliphatic heterocycles. The maximum absolute atomic E-state index is 4.42. The van der Waals surface area contributed by atoms with Crippen molar-refractivity contribution in [3.8, 4) is 0 Å². The number of hydrogen-bond donors (Lipinski definition) is 1. The van der Waals surface area contributed by atoms with E-state index in [0.717, 1.165) is 37.6 Å². The zero-order valence-corrected chi connectivity index (χ0v) is 11.2. The van der Waals surface area contributed by atoms with E-state index in [1.54, 1.807) is 6.33 Å². The standard InChI is InChI=1S/C12H20N6/c1-4-11-10(8-17(3)16-11)6-13-7-12-15-14-9-18(12)5-2/h8-9,13H,4-7H2,1-3H3. The summed E-state index contributed by atoms with van der Waals surface area (Å²) >= 11 is 0. The molecule has 0 atom stereocenters. The fourth-order valence-electron chi connectivity index (χ4n) is 2.02. The summed E-state index contributed by atoms with van der Waals surface area (Å²) in [6, 6.07) is 0. The molecule has 2 aromatic heterocycles. The molecule has 0 saturated carbocycles. The van der Waals surface area contributed by atoms with Crippen molar-refractivity contribution in [1.29, 1.82) is 0 Å². The fourth-order valence-corrected chi connectivity index (χ4v) is 2.02. The van der Waals surface area contributed by atoms with E-state index in [4.69, 9.17) is 0 Å². The summed E-state index contributed by atoms with van der Waals surface area (Å²) in [6.45, 7) is 6.65. The van der Waals surface area contributed by atoms with Gasteiger partial charge in [-0.3, -0.25) is 4.68 Å². The molecule has 2 heterocycles. The third-order valence-corrected chi connectivity index (χ3v) is 2.96. The predicted molar refractivity (Wildman–Crippen MR) is 68.8 cm³/mol. The molecule has 0 radical (unpaired) electrons. The second-order valence-corrected chi connectivity index (χ2v) is 4.26. The van der Waals surface area contributed by atoms with Crippen LogP contribution in [0.2, 0.25) is 0 Å². The highest BCUT2D eigenvalue weighted by atomic mass is 15.3. The lowest BCUT2D eigenvalue weighted by Crippen LogP contribution is -2.16. The summed E-state index contributed by atoms with van der Waals surface area (Å²) in [6.07, 6.45) is 4.79. The molecular weight excluding hydrogens is 228 g/mol. The van der Waals surface area contributed by atoms with Gasteiger partial charge >= 0.3 is 0 Å². The minimum atomic E-state index is 0.728. The zero-order valence-electron chi connectivity index (χ0n) is 11.2. The van der Waals surface area contributed by atoms with Gasteiger partial charge in [0.05, 0.1) is 12.2 Å². The molecule has 18 heavy (non-hydrogen) atoms. The third kappa shape index (κ3) is 2.76. The van der Waals surface area contributed by atoms with Crippen LogP contribution in [-0.2, 0) is 33.1 Å². The monoisotopic (exact) mass is 248 g/mol. The van der Waals surface area contributed by atoms with Gasteiger partial charge in [-0.25, -0.2) is 0 Å². The molecule has 0 aromatic carbocycles. The Labute approximate surface area is 107 Å². The number of nitrogens with one attached hydrogen (secondary N) is 1. The maximum Gasteiger partial charge on any atom is 0.146 e. The number of rotatable bonds is 6. The zero-order chi connectivity index (χ0) is 13.0. The molecular formula is C12H20N6. The van der Waals surface area contributed by atoms with Gasteiger partial charge in [0.25, 0.3) is 0 Å². The Morgan fingerprint density at radius 3 is 2.83 bits per heavy atom. The Morgan fingerprint density at radius 1 is 1.28 bits per heavy atom. The highest BCUT2D eigenvalue weighted by Crippen LogP contribution is 2.07. The summed E-state index contributed by atoms with van der Waals surface area (Å²) in [5, 5.41) is 15.8. The Kier molecular flexibility index (Phi) is 4.09. The second kappa shape index (κ2) is 5.77. The van der Waals surface area contributed by atoms with E-state index >= 15 is 0 Å². The van der Waals surface area contributed by atoms with Crippen LogP contribution in [0, 0.1) is 0 Å². The van der Waals surface area contributed by atoms with E-state index in [1.165, 1.54) is 5.56 Å². The summed E-state index contributed by atoms with van der Waals surface area (Å²) < 4.78 is 3.90. The number of nitrogens with zero attached hydrogens (tertiary/aromatic N) is 5. The third-order valence-electron chi connectivity index (χ3n) is 2.96. The lowest BCUT2D eigenvalue weighted by molar-refractivity contribution is 0.610. The summed E-state index contributed by atoms with van der Waals surface area (Å²) in [4.78, 5) is 0. The first-order valence-electron chi connectivity index (χ1n) is 6.33. The summed E-state index contributed by atoms with van der Waals surface area (Å²) in [5.41, 5.74) is 2.41. The number of aromatic nitrogens is 5. The van der Waals surface area contributed by atoms with E-state index in [0.29, 0.717) is 0 Å². The SMILES string of the molecule is CCc1nn(C)cc1CNCc1nncn1CC. The topological polar surface area (TPSA) is 60.6 Å². The first-order valence-corrected chi connectivity index (χ1v) is 6.33. The van der Waals surface area contributed by atoms with E-state index in [2.05, 4.69) is 40.7 Å². The van der Waals surface area contributed by atoms with Crippen molar-refractivity contribution >= 4 is 0 Å². The molecule has 6 nitrogen and oxygen atoms in total. The smallest absolute Gasteiger partial charge is 0.146 e. The maximum atomic E-state index is 4.42. The van der Waals surface area contributed by atoms with Crippen LogP contribution in [0.4, 0.5) is 0 Å². The molecule has 2 aromatic rings. The number of aryl methyl sites for hydroxylation is 3. The van der Waals surface area contributed by atoms with Crippen LogP contribution in [0.25, 0.3) is 0 Å². The molecule has 0 spiro atoms. The summed E-state index contributed by atoms with van der Waals surface area (Å²) in [5.74, 6) is 0.972. The minimum Gasteiger partial charge on any atom is -0.317 e. The van der Waals surface area contributed by atoms with Crippen LogP contribution in [0.1, 0.15) is 30.9 Å². The van der Waals surface area contributed by atoms with Gasteiger partial charge < -0.3 is 9.88 Å². The van der Waals surface area contributed by atoms with E-state index in [1.807, 2.05) is 16.3 Å². The van der Waals surface area contributed by atoms with Crippen molar-refractivity contribution in [3.05, 3.63) is 29.6 Å². The molecule has 6 heteroatoms. The van der Waals surface area contributed by atoms with Crippen LogP contribution in [0.3, 0.4) is 0 Å². The molecule has 1 N–H and O–H groups in total. The average molecular weight is 248 g/mol. The minimum absolute atomic E-state index is 0.728. The van der Waals surface area contributed by atoms with Crippen LogP contribution in [0.5, 0.6) is 0 Å². The lowest BCUT2D eigenvalue weighted by Gasteiger charge is -2.05. The Balaban J connectivity index is 1.92. The van der Waals surface area contributed by atoms with Gasteiger partial charge in [0.2, 0.25) is 0 Å². The van der Waals surface area contributed by atoms with Gasteiger partial charge in [0, 0.05) is 31.9 Å². The van der Waals surface area contributed by atoms with Gasteiger partial charge in [0.15, 0.2) is 0 Å². The lowest BCUT2D eigenvalue weighted by atomic mass is 10.2. The normalized spacial score (nSPS) is 11.1. The van der Waals surface area contributed by atoms with Gasteiger partial charge in [0.1, 0.15) is 12.2 Å². The van der Waals surface area contributed by atoms with Gasteiger partial charge in [-0.15, -0.1) is 10.2 Å². The molecule has 2 rings (SSSR count). The van der Waals surface area contributed by atoms with E-state index < -0.39 is 0 Å². The Bertz CT molecular complexity index is 498. The first kappa shape index (κ1) is 12.8. The molecule has 0 saturated heterocycles. The van der Waals surface area contributed by atoms with Gasteiger partial charge in [-0.1, -0.05) is 6.92 Å². The van der Waals surface area contributed by atoms with Crippen molar-refractivity contribution in [2.45, 2.75) is 39.9 Å². The van der Waals surface area contributed by atoms with Crippen molar-refractivity contribution in [1.82, 2.24) is 29.9 Å². The second-order valence-electron chi connectivity index (χ2n) is 4.26. The van der Waals surface area contributed by atoms with Crippen molar-refractivity contribution in [2.75, 3.05) is 0 Å². The largest absolute Gasteiger partial charge is 0.317 e. The van der Waals surface area contributed by atoms with Gasteiger partial charge in [-0.2, -0.15) is 5.10 Å². The molecule has 0 unspecified atom stereocenters. The van der Waals surface area contributed by atoms with Crippen molar-refractivity contribution in [3.63, 3.8) is 0 Å². The highest BCUT2D eigenvalue weighted by molar-refractivity contribution is 5.16.